The molecule has 5 heteroatoms. The first kappa shape index (κ1) is 14.8. The van der Waals surface area contributed by atoms with Crippen molar-refractivity contribution in [2.45, 2.75) is 0 Å². The van der Waals surface area contributed by atoms with E-state index >= 15 is 0 Å². The minimum atomic E-state index is -1.14. The van der Waals surface area contributed by atoms with Crippen molar-refractivity contribution in [3.8, 4) is 22.4 Å². The van der Waals surface area contributed by atoms with Gasteiger partial charge >= 0.3 is 5.97 Å². The Kier molecular flexibility index (Phi) is 3.85. The Bertz CT molecular complexity index is 894. The summed E-state index contributed by atoms with van der Waals surface area (Å²) in [5.41, 5.74) is 1.75. The van der Waals surface area contributed by atoms with Crippen molar-refractivity contribution >= 4 is 5.97 Å². The molecule has 3 rings (SSSR count). The summed E-state index contributed by atoms with van der Waals surface area (Å²) in [5, 5.41) is 9.14. The van der Waals surface area contributed by atoms with Crippen LogP contribution in [0.25, 0.3) is 22.4 Å². The number of carboxylic acid groups (broad SMARTS) is 1. The van der Waals surface area contributed by atoms with E-state index in [-0.39, 0.29) is 5.56 Å². The second-order valence-electron chi connectivity index (χ2n) is 4.95. The van der Waals surface area contributed by atoms with E-state index in [1.54, 1.807) is 12.1 Å². The maximum absolute atomic E-state index is 13.5. The van der Waals surface area contributed by atoms with Crippen LogP contribution in [0, 0.1) is 11.6 Å². The lowest BCUT2D eigenvalue weighted by Gasteiger charge is -2.10. The highest BCUT2D eigenvalue weighted by atomic mass is 19.1. The number of benzene rings is 2. The van der Waals surface area contributed by atoms with Gasteiger partial charge in [-0.25, -0.2) is 13.6 Å². The third kappa shape index (κ3) is 3.08. The molecule has 0 spiro atoms. The Morgan fingerprint density at radius 1 is 0.913 bits per heavy atom. The van der Waals surface area contributed by atoms with E-state index in [1.807, 2.05) is 0 Å². The molecule has 1 aromatic heterocycles. The van der Waals surface area contributed by atoms with Gasteiger partial charge in [0.15, 0.2) is 0 Å². The number of aromatic nitrogens is 1. The van der Waals surface area contributed by atoms with E-state index in [4.69, 9.17) is 5.11 Å². The van der Waals surface area contributed by atoms with Crippen molar-refractivity contribution in [2.75, 3.05) is 0 Å². The summed E-state index contributed by atoms with van der Waals surface area (Å²) < 4.78 is 27.0. The minimum absolute atomic E-state index is 0.0237. The van der Waals surface area contributed by atoms with Crippen LogP contribution in [0.1, 0.15) is 10.4 Å². The van der Waals surface area contributed by atoms with E-state index in [0.29, 0.717) is 22.4 Å². The Labute approximate surface area is 130 Å². The molecule has 0 saturated carbocycles. The predicted molar refractivity (Wildman–Crippen MR) is 82.0 cm³/mol. The summed E-state index contributed by atoms with van der Waals surface area (Å²) >= 11 is 0. The smallest absolute Gasteiger partial charge is 0.337 e. The normalized spacial score (nSPS) is 10.5. The number of carbonyl (C=O) groups is 1. The van der Waals surface area contributed by atoms with Gasteiger partial charge in [0.05, 0.1) is 11.3 Å². The quantitative estimate of drug-likeness (QED) is 0.780. The van der Waals surface area contributed by atoms with E-state index < -0.39 is 17.6 Å². The lowest BCUT2D eigenvalue weighted by atomic mass is 9.98. The number of pyridine rings is 1. The third-order valence-corrected chi connectivity index (χ3v) is 3.37. The summed E-state index contributed by atoms with van der Waals surface area (Å²) in [5.74, 6) is -2.02. The Balaban J connectivity index is 2.25. The molecule has 0 aliphatic heterocycles. The molecule has 23 heavy (non-hydrogen) atoms. The number of halogens is 2. The second kappa shape index (κ2) is 5.96. The molecular formula is C18H11F2NO2. The van der Waals surface area contributed by atoms with E-state index in [1.165, 1.54) is 48.7 Å². The fourth-order valence-corrected chi connectivity index (χ4v) is 2.32. The number of carboxylic acids is 1. The molecular weight excluding hydrogens is 300 g/mol. The largest absolute Gasteiger partial charge is 0.478 e. The zero-order valence-corrected chi connectivity index (χ0v) is 11.8. The van der Waals surface area contributed by atoms with Gasteiger partial charge in [-0.15, -0.1) is 0 Å². The van der Waals surface area contributed by atoms with Gasteiger partial charge in [-0.1, -0.05) is 24.3 Å². The van der Waals surface area contributed by atoms with Crippen LogP contribution in [0.4, 0.5) is 8.78 Å². The molecule has 0 bridgehead atoms. The molecule has 0 aliphatic carbocycles. The summed E-state index contributed by atoms with van der Waals surface area (Å²) in [6.45, 7) is 0. The Morgan fingerprint density at radius 2 is 1.52 bits per heavy atom. The highest BCUT2D eigenvalue weighted by Crippen LogP contribution is 2.31. The first-order valence-corrected chi connectivity index (χ1v) is 6.80. The SMILES string of the molecule is O=C(O)c1cnc(-c2cccc(F)c2)c(-c2cccc(F)c2)c1. The van der Waals surface area contributed by atoms with Crippen LogP contribution in [-0.2, 0) is 0 Å². The molecule has 0 radical (unpaired) electrons. The van der Waals surface area contributed by atoms with Gasteiger partial charge < -0.3 is 5.11 Å². The maximum atomic E-state index is 13.5. The monoisotopic (exact) mass is 311 g/mol. The Hall–Kier alpha value is -3.08. The minimum Gasteiger partial charge on any atom is -0.478 e. The Morgan fingerprint density at radius 3 is 2.13 bits per heavy atom. The molecule has 0 amide bonds. The highest BCUT2D eigenvalue weighted by Gasteiger charge is 2.14. The number of aromatic carboxylic acids is 1. The molecule has 0 saturated heterocycles. The topological polar surface area (TPSA) is 50.2 Å². The third-order valence-electron chi connectivity index (χ3n) is 3.37. The molecule has 0 aliphatic rings. The number of nitrogens with zero attached hydrogens (tertiary/aromatic N) is 1. The number of rotatable bonds is 3. The first-order chi connectivity index (χ1) is 11.0. The highest BCUT2D eigenvalue weighted by molar-refractivity contribution is 5.91. The van der Waals surface area contributed by atoms with Gasteiger partial charge in [-0.2, -0.15) is 0 Å². The van der Waals surface area contributed by atoms with Gasteiger partial charge in [-0.05, 0) is 35.9 Å². The second-order valence-corrected chi connectivity index (χ2v) is 4.95. The fourth-order valence-electron chi connectivity index (χ4n) is 2.32. The van der Waals surface area contributed by atoms with Crippen molar-refractivity contribution in [1.29, 1.82) is 0 Å². The summed E-state index contributed by atoms with van der Waals surface area (Å²) in [7, 11) is 0. The van der Waals surface area contributed by atoms with Crippen molar-refractivity contribution in [3.63, 3.8) is 0 Å². The van der Waals surface area contributed by atoms with Gasteiger partial charge in [0.1, 0.15) is 11.6 Å². The van der Waals surface area contributed by atoms with Crippen molar-refractivity contribution in [1.82, 2.24) is 4.98 Å². The van der Waals surface area contributed by atoms with Crippen molar-refractivity contribution < 1.29 is 18.7 Å². The van der Waals surface area contributed by atoms with E-state index in [2.05, 4.69) is 4.98 Å². The van der Waals surface area contributed by atoms with Crippen LogP contribution >= 0.6 is 0 Å². The van der Waals surface area contributed by atoms with Crippen LogP contribution < -0.4 is 0 Å². The zero-order valence-electron chi connectivity index (χ0n) is 11.8. The fraction of sp³-hybridized carbons (Fsp3) is 0. The van der Waals surface area contributed by atoms with Gasteiger partial charge in [0.25, 0.3) is 0 Å². The van der Waals surface area contributed by atoms with E-state index in [9.17, 15) is 13.6 Å². The standard InChI is InChI=1S/C18H11F2NO2/c19-14-5-1-3-11(7-14)16-9-13(18(22)23)10-21-17(16)12-4-2-6-15(20)8-12/h1-10H,(H,22,23). The van der Waals surface area contributed by atoms with Crippen LogP contribution in [0.5, 0.6) is 0 Å². The number of hydrogen-bond donors (Lipinski definition) is 1. The lowest BCUT2D eigenvalue weighted by Crippen LogP contribution is -2.00. The zero-order chi connectivity index (χ0) is 16.4. The molecule has 0 unspecified atom stereocenters. The van der Waals surface area contributed by atoms with Crippen molar-refractivity contribution in [3.05, 3.63) is 78.0 Å². The van der Waals surface area contributed by atoms with Crippen LogP contribution in [0.15, 0.2) is 60.8 Å². The number of hydrogen-bond acceptors (Lipinski definition) is 2. The molecule has 1 heterocycles. The molecule has 114 valence electrons. The van der Waals surface area contributed by atoms with Crippen LogP contribution in [0.3, 0.4) is 0 Å². The van der Waals surface area contributed by atoms with E-state index in [0.717, 1.165) is 0 Å². The molecule has 0 fully saturated rings. The maximum Gasteiger partial charge on any atom is 0.337 e. The lowest BCUT2D eigenvalue weighted by molar-refractivity contribution is 0.0696. The molecule has 3 aromatic rings. The van der Waals surface area contributed by atoms with Crippen LogP contribution in [0.2, 0.25) is 0 Å². The first-order valence-electron chi connectivity index (χ1n) is 6.80. The summed E-state index contributed by atoms with van der Waals surface area (Å²) in [6, 6.07) is 12.9. The average molecular weight is 311 g/mol. The van der Waals surface area contributed by atoms with Crippen LogP contribution in [-0.4, -0.2) is 16.1 Å². The molecule has 0 atom stereocenters. The van der Waals surface area contributed by atoms with Gasteiger partial charge in [-0.3, -0.25) is 4.98 Å². The predicted octanol–water partition coefficient (Wildman–Crippen LogP) is 4.39. The van der Waals surface area contributed by atoms with Gasteiger partial charge in [0, 0.05) is 17.3 Å². The molecule has 1 N–H and O–H groups in total. The summed E-state index contributed by atoms with van der Waals surface area (Å²) in [6.07, 6.45) is 1.20. The van der Waals surface area contributed by atoms with Gasteiger partial charge in [0.2, 0.25) is 0 Å². The molecule has 3 nitrogen and oxygen atoms in total. The summed E-state index contributed by atoms with van der Waals surface area (Å²) in [4.78, 5) is 15.3. The average Bonchev–Trinajstić information content (AvgIpc) is 2.54. The van der Waals surface area contributed by atoms with Crippen molar-refractivity contribution in [2.24, 2.45) is 0 Å². The molecule has 2 aromatic carbocycles.